The van der Waals surface area contributed by atoms with E-state index in [1.54, 1.807) is 19.9 Å². The lowest BCUT2D eigenvalue weighted by molar-refractivity contribution is -0.395. The number of nitro groups is 2. The summed E-state index contributed by atoms with van der Waals surface area (Å²) >= 11 is 0. The second-order valence-electron chi connectivity index (χ2n) is 6.36. The number of rotatable bonds is 11. The Kier molecular flexibility index (Phi) is 8.72. The highest BCUT2D eigenvalue weighted by Gasteiger charge is 2.28. The van der Waals surface area contributed by atoms with Gasteiger partial charge in [-0.1, -0.05) is 24.3 Å². The van der Waals surface area contributed by atoms with E-state index in [0.717, 1.165) is 17.7 Å². The van der Waals surface area contributed by atoms with Crippen LogP contribution in [0, 0.1) is 20.2 Å². The largest absolute Gasteiger partial charge is 0.476 e. The molecule has 0 fully saturated rings. The minimum absolute atomic E-state index is 0.0779. The van der Waals surface area contributed by atoms with Crippen molar-refractivity contribution in [2.24, 2.45) is 0 Å². The van der Waals surface area contributed by atoms with E-state index in [4.69, 9.17) is 9.47 Å². The Balaban J connectivity index is 2.90. The first-order chi connectivity index (χ1) is 13.6. The van der Waals surface area contributed by atoms with Crippen LogP contribution in [0.3, 0.4) is 0 Å². The molecule has 0 saturated heterocycles. The first kappa shape index (κ1) is 23.5. The molecule has 1 aromatic carbocycles. The monoisotopic (exact) mass is 404 g/mol. The van der Waals surface area contributed by atoms with Crippen LogP contribution in [0.1, 0.15) is 33.6 Å². The fourth-order valence-electron chi connectivity index (χ4n) is 2.34. The van der Waals surface area contributed by atoms with Gasteiger partial charge in [0.25, 0.3) is 5.69 Å². The van der Waals surface area contributed by atoms with E-state index < -0.39 is 32.8 Å². The van der Waals surface area contributed by atoms with E-state index in [-0.39, 0.29) is 5.75 Å². The third-order valence-corrected chi connectivity index (χ3v) is 4.00. The van der Waals surface area contributed by atoms with Crippen LogP contribution in [-0.4, -0.2) is 28.0 Å². The van der Waals surface area contributed by atoms with Crippen molar-refractivity contribution in [2.75, 3.05) is 6.61 Å². The van der Waals surface area contributed by atoms with Gasteiger partial charge in [-0.25, -0.2) is 4.79 Å². The number of benzene rings is 1. The van der Waals surface area contributed by atoms with Crippen molar-refractivity contribution >= 4 is 17.3 Å². The number of allylic oxidation sites excluding steroid dienone is 3. The molecule has 0 amide bonds. The summed E-state index contributed by atoms with van der Waals surface area (Å²) in [6.07, 6.45) is 7.35. The normalized spacial score (nSPS) is 13.6. The predicted molar refractivity (Wildman–Crippen MR) is 108 cm³/mol. The summed E-state index contributed by atoms with van der Waals surface area (Å²) in [5, 5.41) is 22.1. The molecule has 0 heterocycles. The third-order valence-electron chi connectivity index (χ3n) is 4.00. The molecular formula is C20H24N2O7. The van der Waals surface area contributed by atoms with Crippen LogP contribution in [0.5, 0.6) is 5.75 Å². The Morgan fingerprint density at radius 1 is 1.24 bits per heavy atom. The average molecular weight is 404 g/mol. The molecule has 0 aliphatic rings. The van der Waals surface area contributed by atoms with Crippen LogP contribution in [-0.2, 0) is 9.53 Å². The van der Waals surface area contributed by atoms with Gasteiger partial charge in [-0.3, -0.25) is 20.2 Å². The number of ether oxygens (including phenoxy) is 2. The zero-order valence-corrected chi connectivity index (χ0v) is 16.6. The van der Waals surface area contributed by atoms with Gasteiger partial charge in [-0.05, 0) is 45.8 Å². The molecule has 0 spiro atoms. The first-order valence-corrected chi connectivity index (χ1v) is 8.89. The summed E-state index contributed by atoms with van der Waals surface area (Å²) in [5.74, 6) is -0.504. The van der Waals surface area contributed by atoms with E-state index in [1.165, 1.54) is 18.2 Å². The van der Waals surface area contributed by atoms with Crippen LogP contribution >= 0.6 is 0 Å². The van der Waals surface area contributed by atoms with Gasteiger partial charge in [0, 0.05) is 12.1 Å². The summed E-state index contributed by atoms with van der Waals surface area (Å²) < 4.78 is 10.6. The molecule has 29 heavy (non-hydrogen) atoms. The lowest BCUT2D eigenvalue weighted by Gasteiger charge is -2.26. The van der Waals surface area contributed by atoms with Crippen molar-refractivity contribution in [2.45, 2.75) is 39.2 Å². The molecule has 0 aliphatic heterocycles. The number of carbonyl (C=O) groups excluding carboxylic acids is 1. The van der Waals surface area contributed by atoms with Crippen LogP contribution in [0.4, 0.5) is 11.4 Å². The highest BCUT2D eigenvalue weighted by Crippen LogP contribution is 2.35. The number of esters is 1. The maximum absolute atomic E-state index is 11.3. The highest BCUT2D eigenvalue weighted by molar-refractivity contribution is 5.82. The average Bonchev–Trinajstić information content (AvgIpc) is 2.66. The molecule has 1 atom stereocenters. The van der Waals surface area contributed by atoms with E-state index in [2.05, 4.69) is 6.58 Å². The smallest absolute Gasteiger partial charge is 0.330 e. The first-order valence-electron chi connectivity index (χ1n) is 8.89. The van der Waals surface area contributed by atoms with Crippen LogP contribution < -0.4 is 4.74 Å². The zero-order chi connectivity index (χ0) is 22.0. The number of nitrogens with zero attached hydrogens (tertiary/aromatic N) is 2. The van der Waals surface area contributed by atoms with Gasteiger partial charge in [-0.2, -0.15) is 0 Å². The molecule has 0 bridgehead atoms. The number of hydrogen-bond donors (Lipinski definition) is 0. The number of hydrogen-bond acceptors (Lipinski definition) is 7. The fourth-order valence-corrected chi connectivity index (χ4v) is 2.34. The summed E-state index contributed by atoms with van der Waals surface area (Å²) in [7, 11) is 0. The number of carbonyl (C=O) groups is 1. The van der Waals surface area contributed by atoms with E-state index in [1.807, 2.05) is 13.0 Å². The molecule has 156 valence electrons. The molecule has 0 radical (unpaired) electrons. The standard InChI is InChI=1S/C20H24N2O7/c1-5-20(4,13-7-8-15(3)9-12-19(23)28-6-2)29-18-11-10-16(21(24)25)14-17(18)22(26)27/h5,8-12,14H,1,6-7,13H2,2-4H3/b12-9+,15-8+/t20-/m0/s1. The van der Waals surface area contributed by atoms with E-state index >= 15 is 0 Å². The van der Waals surface area contributed by atoms with Crippen molar-refractivity contribution in [3.63, 3.8) is 0 Å². The lowest BCUT2D eigenvalue weighted by Crippen LogP contribution is -2.29. The second kappa shape index (κ2) is 10.7. The summed E-state index contributed by atoms with van der Waals surface area (Å²) in [4.78, 5) is 32.0. The van der Waals surface area contributed by atoms with Crippen molar-refractivity contribution in [3.05, 3.63) is 74.9 Å². The SMILES string of the molecule is C=C[C@@](C)(CC/C=C(C)/C=C/C(=O)OCC)Oc1ccc([N+](=O)[O-])cc1[N+](=O)[O-]. The summed E-state index contributed by atoms with van der Waals surface area (Å²) in [5.41, 5.74) is -0.985. The van der Waals surface area contributed by atoms with Crippen LogP contribution in [0.2, 0.25) is 0 Å². The Bertz CT molecular complexity index is 845. The molecule has 0 N–H and O–H groups in total. The number of non-ortho nitro benzene ring substituents is 1. The molecule has 0 aliphatic carbocycles. The molecular weight excluding hydrogens is 380 g/mol. The molecule has 0 aromatic heterocycles. The number of nitro benzene ring substituents is 2. The van der Waals surface area contributed by atoms with Crippen LogP contribution in [0.15, 0.2) is 54.7 Å². The van der Waals surface area contributed by atoms with Gasteiger partial charge >= 0.3 is 11.7 Å². The van der Waals surface area contributed by atoms with E-state index in [9.17, 15) is 25.0 Å². The minimum Gasteiger partial charge on any atom is -0.476 e. The lowest BCUT2D eigenvalue weighted by atomic mass is 9.99. The molecule has 1 rings (SSSR count). The van der Waals surface area contributed by atoms with E-state index in [0.29, 0.717) is 19.4 Å². The third kappa shape index (κ3) is 7.57. The van der Waals surface area contributed by atoms with Gasteiger partial charge < -0.3 is 9.47 Å². The summed E-state index contributed by atoms with van der Waals surface area (Å²) in [6.45, 7) is 9.28. The Morgan fingerprint density at radius 2 is 1.93 bits per heavy atom. The van der Waals surface area contributed by atoms with Gasteiger partial charge in [0.15, 0.2) is 5.75 Å². The Labute approximate surface area is 168 Å². The molecule has 1 aromatic rings. The van der Waals surface area contributed by atoms with Crippen LogP contribution in [0.25, 0.3) is 0 Å². The maximum Gasteiger partial charge on any atom is 0.330 e. The van der Waals surface area contributed by atoms with Gasteiger partial charge in [-0.15, -0.1) is 0 Å². The van der Waals surface area contributed by atoms with Gasteiger partial charge in [0.2, 0.25) is 0 Å². The van der Waals surface area contributed by atoms with Gasteiger partial charge in [0.1, 0.15) is 5.60 Å². The predicted octanol–water partition coefficient (Wildman–Crippen LogP) is 4.67. The second-order valence-corrected chi connectivity index (χ2v) is 6.36. The Morgan fingerprint density at radius 3 is 2.48 bits per heavy atom. The van der Waals surface area contributed by atoms with Crippen molar-refractivity contribution in [1.82, 2.24) is 0 Å². The minimum atomic E-state index is -0.942. The van der Waals surface area contributed by atoms with Gasteiger partial charge in [0.05, 0.1) is 22.5 Å². The maximum atomic E-state index is 11.3. The quantitative estimate of drug-likeness (QED) is 0.131. The topological polar surface area (TPSA) is 122 Å². The van der Waals surface area contributed by atoms with Crippen molar-refractivity contribution < 1.29 is 24.1 Å². The van der Waals surface area contributed by atoms with Crippen molar-refractivity contribution in [1.29, 1.82) is 0 Å². The molecule has 0 saturated carbocycles. The summed E-state index contributed by atoms with van der Waals surface area (Å²) in [6, 6.07) is 3.22. The Hall–Kier alpha value is -3.49. The van der Waals surface area contributed by atoms with Crippen molar-refractivity contribution in [3.8, 4) is 5.75 Å². The molecule has 0 unspecified atom stereocenters. The molecule has 9 heteroatoms. The zero-order valence-electron chi connectivity index (χ0n) is 16.6. The highest BCUT2D eigenvalue weighted by atomic mass is 16.6. The molecule has 9 nitrogen and oxygen atoms in total. The fraction of sp³-hybridized carbons (Fsp3) is 0.350.